The number of aryl methyl sites for hydroxylation is 3. The Balaban J connectivity index is 1.63. The van der Waals surface area contributed by atoms with Crippen LogP contribution >= 0.6 is 0 Å². The summed E-state index contributed by atoms with van der Waals surface area (Å²) in [6, 6.07) is 13.4. The molecule has 5 heteroatoms. The van der Waals surface area contributed by atoms with E-state index in [-0.39, 0.29) is 17.8 Å². The van der Waals surface area contributed by atoms with E-state index in [4.69, 9.17) is 0 Å². The fraction of sp³-hybridized carbons (Fsp3) is 0.370. The molecule has 1 saturated heterocycles. The monoisotopic (exact) mass is 431 g/mol. The van der Waals surface area contributed by atoms with Gasteiger partial charge in [-0.25, -0.2) is 4.39 Å². The molecule has 1 fully saturated rings. The van der Waals surface area contributed by atoms with Crippen molar-refractivity contribution >= 4 is 5.91 Å². The van der Waals surface area contributed by atoms with Crippen molar-refractivity contribution in [1.29, 1.82) is 0 Å². The van der Waals surface area contributed by atoms with Crippen molar-refractivity contribution in [2.24, 2.45) is 5.92 Å². The standard InChI is InChI=1S/C27H30FN3O/c1-18-6-10-24(21-12-13-29-20(3)16-21)25(15-18)27(32)31-14-4-5-19(2)26(31)11-9-23-8-7-22(28)17-30-23/h6-8,10,12-13,15-17,19,26H,4-5,9,11,14H2,1-3H3/t19-,26-/m1/s1. The summed E-state index contributed by atoms with van der Waals surface area (Å²) in [6.07, 6.45) is 6.71. The number of carbonyl (C=O) groups is 1. The van der Waals surface area contributed by atoms with Crippen molar-refractivity contribution in [3.63, 3.8) is 0 Å². The maximum Gasteiger partial charge on any atom is 0.254 e. The van der Waals surface area contributed by atoms with Crippen LogP contribution in [0, 0.1) is 25.6 Å². The summed E-state index contributed by atoms with van der Waals surface area (Å²) in [7, 11) is 0. The first kappa shape index (κ1) is 22.1. The summed E-state index contributed by atoms with van der Waals surface area (Å²) in [5, 5.41) is 0. The van der Waals surface area contributed by atoms with Gasteiger partial charge in [-0.3, -0.25) is 14.8 Å². The van der Waals surface area contributed by atoms with E-state index in [1.165, 1.54) is 12.3 Å². The van der Waals surface area contributed by atoms with Crippen LogP contribution in [0.1, 0.15) is 53.5 Å². The zero-order valence-corrected chi connectivity index (χ0v) is 19.0. The van der Waals surface area contributed by atoms with Crippen LogP contribution in [0.3, 0.4) is 0 Å². The molecule has 0 N–H and O–H groups in total. The summed E-state index contributed by atoms with van der Waals surface area (Å²) in [6.45, 7) is 6.97. The van der Waals surface area contributed by atoms with E-state index in [1.807, 2.05) is 38.1 Å². The van der Waals surface area contributed by atoms with Gasteiger partial charge in [-0.2, -0.15) is 0 Å². The van der Waals surface area contributed by atoms with E-state index in [2.05, 4.69) is 27.9 Å². The molecule has 1 aromatic carbocycles. The highest BCUT2D eigenvalue weighted by atomic mass is 19.1. The molecule has 0 spiro atoms. The minimum atomic E-state index is -0.324. The Morgan fingerprint density at radius 2 is 1.97 bits per heavy atom. The summed E-state index contributed by atoms with van der Waals surface area (Å²) in [5.74, 6) is 0.168. The zero-order valence-electron chi connectivity index (χ0n) is 19.0. The predicted molar refractivity (Wildman–Crippen MR) is 125 cm³/mol. The molecule has 0 saturated carbocycles. The van der Waals surface area contributed by atoms with Crippen LogP contribution in [-0.2, 0) is 6.42 Å². The first-order valence-corrected chi connectivity index (χ1v) is 11.4. The second kappa shape index (κ2) is 9.60. The van der Waals surface area contributed by atoms with Crippen LogP contribution in [0.4, 0.5) is 4.39 Å². The van der Waals surface area contributed by atoms with Gasteiger partial charge in [0.05, 0.1) is 6.20 Å². The lowest BCUT2D eigenvalue weighted by atomic mass is 9.86. The normalized spacial score (nSPS) is 18.6. The van der Waals surface area contributed by atoms with Gasteiger partial charge >= 0.3 is 0 Å². The third-order valence-corrected chi connectivity index (χ3v) is 6.47. The molecule has 2 atom stereocenters. The predicted octanol–water partition coefficient (Wildman–Crippen LogP) is 5.77. The number of hydrogen-bond donors (Lipinski definition) is 0. The highest BCUT2D eigenvalue weighted by Crippen LogP contribution is 2.32. The first-order valence-electron chi connectivity index (χ1n) is 11.4. The number of piperidine rings is 1. The lowest BCUT2D eigenvalue weighted by Gasteiger charge is -2.40. The van der Waals surface area contributed by atoms with Crippen LogP contribution in [0.25, 0.3) is 11.1 Å². The molecule has 32 heavy (non-hydrogen) atoms. The van der Waals surface area contributed by atoms with Gasteiger partial charge in [0.2, 0.25) is 0 Å². The molecule has 1 aliphatic heterocycles. The Morgan fingerprint density at radius 1 is 1.12 bits per heavy atom. The number of amides is 1. The van der Waals surface area contributed by atoms with Gasteiger partial charge in [-0.05, 0) is 86.9 Å². The van der Waals surface area contributed by atoms with Crippen molar-refractivity contribution in [3.8, 4) is 11.1 Å². The van der Waals surface area contributed by atoms with Gasteiger partial charge in [0, 0.05) is 35.7 Å². The number of carbonyl (C=O) groups excluding carboxylic acids is 1. The Kier molecular flexibility index (Phi) is 6.63. The van der Waals surface area contributed by atoms with Gasteiger partial charge < -0.3 is 4.90 Å². The third kappa shape index (κ3) is 4.87. The van der Waals surface area contributed by atoms with E-state index >= 15 is 0 Å². The molecule has 2 aromatic heterocycles. The molecule has 0 bridgehead atoms. The van der Waals surface area contributed by atoms with Crippen LogP contribution in [0.15, 0.2) is 54.9 Å². The van der Waals surface area contributed by atoms with Crippen molar-refractivity contribution in [2.45, 2.75) is 52.5 Å². The molecule has 166 valence electrons. The van der Waals surface area contributed by atoms with Crippen molar-refractivity contribution in [1.82, 2.24) is 14.9 Å². The molecule has 4 nitrogen and oxygen atoms in total. The Morgan fingerprint density at radius 3 is 2.72 bits per heavy atom. The lowest BCUT2D eigenvalue weighted by Crippen LogP contribution is -2.48. The molecule has 3 heterocycles. The van der Waals surface area contributed by atoms with Crippen molar-refractivity contribution in [2.75, 3.05) is 6.54 Å². The molecule has 4 rings (SSSR count). The molecule has 0 radical (unpaired) electrons. The molecule has 0 unspecified atom stereocenters. The SMILES string of the molecule is Cc1ccc(-c2ccnc(C)c2)c(C(=O)N2CCC[C@@H](C)[C@H]2CCc2ccc(F)cn2)c1. The molecule has 1 amide bonds. The Hall–Kier alpha value is -3.08. The second-order valence-corrected chi connectivity index (χ2v) is 8.93. The summed E-state index contributed by atoms with van der Waals surface area (Å²) in [4.78, 5) is 24.5. The van der Waals surface area contributed by atoms with E-state index in [1.54, 1.807) is 12.3 Å². The summed E-state index contributed by atoms with van der Waals surface area (Å²) in [5.41, 5.74) is 5.56. The zero-order chi connectivity index (χ0) is 22.7. The summed E-state index contributed by atoms with van der Waals surface area (Å²) < 4.78 is 13.2. The van der Waals surface area contributed by atoms with Gasteiger partial charge in [0.15, 0.2) is 0 Å². The maximum atomic E-state index is 13.9. The fourth-order valence-electron chi connectivity index (χ4n) is 4.75. The summed E-state index contributed by atoms with van der Waals surface area (Å²) >= 11 is 0. The van der Waals surface area contributed by atoms with Crippen LogP contribution in [0.5, 0.6) is 0 Å². The highest BCUT2D eigenvalue weighted by molar-refractivity contribution is 6.01. The van der Waals surface area contributed by atoms with Gasteiger partial charge in [-0.15, -0.1) is 0 Å². The average molecular weight is 432 g/mol. The number of halogens is 1. The number of rotatable bonds is 5. The minimum Gasteiger partial charge on any atom is -0.335 e. The Bertz CT molecular complexity index is 1100. The molecular formula is C27H30FN3O. The van der Waals surface area contributed by atoms with Gasteiger partial charge in [0.25, 0.3) is 5.91 Å². The fourth-order valence-corrected chi connectivity index (χ4v) is 4.75. The molecular weight excluding hydrogens is 401 g/mol. The van der Waals surface area contributed by atoms with Crippen molar-refractivity contribution < 1.29 is 9.18 Å². The van der Waals surface area contributed by atoms with Crippen molar-refractivity contribution in [3.05, 3.63) is 83.2 Å². The smallest absolute Gasteiger partial charge is 0.254 e. The first-order chi connectivity index (χ1) is 15.4. The average Bonchev–Trinajstić information content (AvgIpc) is 2.78. The lowest BCUT2D eigenvalue weighted by molar-refractivity contribution is 0.0499. The van der Waals surface area contributed by atoms with Crippen LogP contribution < -0.4 is 0 Å². The molecule has 3 aromatic rings. The minimum absolute atomic E-state index is 0.0850. The maximum absolute atomic E-state index is 13.9. The molecule has 0 aliphatic carbocycles. The number of hydrogen-bond acceptors (Lipinski definition) is 3. The highest BCUT2D eigenvalue weighted by Gasteiger charge is 2.33. The third-order valence-electron chi connectivity index (χ3n) is 6.47. The van der Waals surface area contributed by atoms with Crippen LogP contribution in [-0.4, -0.2) is 33.4 Å². The topological polar surface area (TPSA) is 46.1 Å². The number of benzene rings is 1. The van der Waals surface area contributed by atoms with E-state index < -0.39 is 0 Å². The van der Waals surface area contributed by atoms with E-state index in [0.717, 1.165) is 65.9 Å². The number of pyridine rings is 2. The molecule has 1 aliphatic rings. The van der Waals surface area contributed by atoms with E-state index in [9.17, 15) is 9.18 Å². The second-order valence-electron chi connectivity index (χ2n) is 8.93. The Labute approximate surface area is 189 Å². The largest absolute Gasteiger partial charge is 0.335 e. The quantitative estimate of drug-likeness (QED) is 0.515. The van der Waals surface area contributed by atoms with Crippen LogP contribution in [0.2, 0.25) is 0 Å². The van der Waals surface area contributed by atoms with Gasteiger partial charge in [0.1, 0.15) is 5.82 Å². The van der Waals surface area contributed by atoms with E-state index in [0.29, 0.717) is 5.92 Å². The number of likely N-dealkylation sites (tertiary alicyclic amines) is 1. The number of nitrogens with zero attached hydrogens (tertiary/aromatic N) is 3. The number of aromatic nitrogens is 2. The van der Waals surface area contributed by atoms with Gasteiger partial charge in [-0.1, -0.05) is 24.6 Å².